The molecule has 0 saturated heterocycles. The first-order valence-corrected chi connectivity index (χ1v) is 3.52. The van der Waals surface area contributed by atoms with E-state index in [-0.39, 0.29) is 11.4 Å². The molecule has 1 rings (SSSR count). The van der Waals surface area contributed by atoms with Gasteiger partial charge in [-0.2, -0.15) is 4.39 Å². The van der Waals surface area contributed by atoms with Crippen LogP contribution < -0.4 is 0 Å². The maximum absolute atomic E-state index is 12.6. The first-order chi connectivity index (χ1) is 4.75. The summed E-state index contributed by atoms with van der Waals surface area (Å²) in [6.07, 6.45) is 1.30. The highest BCUT2D eigenvalue weighted by Gasteiger charge is 2.04. The Hall–Kier alpha value is -0.340. The number of nitrogens with zero attached hydrogens (tertiary/aromatic N) is 1. The molecule has 0 aromatic carbocycles. The van der Waals surface area contributed by atoms with Gasteiger partial charge in [0.1, 0.15) is 0 Å². The highest BCUT2D eigenvalue weighted by molar-refractivity contribution is 6.32. The fraction of sp³-hybridized carbons (Fsp3) is 0.167. The van der Waals surface area contributed by atoms with E-state index < -0.39 is 5.95 Å². The average molecular weight is 180 g/mol. The van der Waals surface area contributed by atoms with Gasteiger partial charge in [-0.3, -0.25) is 0 Å². The lowest BCUT2D eigenvalue weighted by molar-refractivity contribution is 0.573. The Morgan fingerprint density at radius 2 is 2.30 bits per heavy atom. The Kier molecular flexibility index (Phi) is 2.46. The summed E-state index contributed by atoms with van der Waals surface area (Å²) >= 11 is 10.9. The van der Waals surface area contributed by atoms with Gasteiger partial charge in [-0.1, -0.05) is 11.6 Å². The zero-order chi connectivity index (χ0) is 7.56. The maximum atomic E-state index is 12.6. The van der Waals surface area contributed by atoms with Crippen LogP contribution in [0, 0.1) is 5.95 Å². The lowest BCUT2D eigenvalue weighted by atomic mass is 10.3. The zero-order valence-electron chi connectivity index (χ0n) is 4.94. The molecule has 0 unspecified atom stereocenters. The number of hydrogen-bond donors (Lipinski definition) is 0. The number of alkyl halides is 1. The van der Waals surface area contributed by atoms with Crippen molar-refractivity contribution in [2.24, 2.45) is 0 Å². The van der Waals surface area contributed by atoms with Crippen molar-refractivity contribution in [1.29, 1.82) is 0 Å². The predicted octanol–water partition coefficient (Wildman–Crippen LogP) is 2.61. The van der Waals surface area contributed by atoms with Crippen molar-refractivity contribution in [2.75, 3.05) is 0 Å². The van der Waals surface area contributed by atoms with E-state index in [1.807, 2.05) is 0 Å². The van der Waals surface area contributed by atoms with E-state index >= 15 is 0 Å². The van der Waals surface area contributed by atoms with E-state index in [4.69, 9.17) is 23.2 Å². The molecular weight excluding hydrogens is 176 g/mol. The zero-order valence-corrected chi connectivity index (χ0v) is 6.45. The summed E-state index contributed by atoms with van der Waals surface area (Å²) in [6, 6.07) is 1.50. The van der Waals surface area contributed by atoms with Crippen LogP contribution in [-0.2, 0) is 5.88 Å². The number of aromatic nitrogens is 1. The smallest absolute Gasteiger partial charge is 0.218 e. The first-order valence-electron chi connectivity index (χ1n) is 2.60. The summed E-state index contributed by atoms with van der Waals surface area (Å²) < 4.78 is 12.6. The maximum Gasteiger partial charge on any atom is 0.218 e. The molecule has 1 aromatic rings. The van der Waals surface area contributed by atoms with E-state index in [1.165, 1.54) is 12.3 Å². The van der Waals surface area contributed by atoms with Crippen molar-refractivity contribution in [3.8, 4) is 0 Å². The first kappa shape index (κ1) is 7.76. The highest BCUT2D eigenvalue weighted by atomic mass is 35.5. The van der Waals surface area contributed by atoms with Gasteiger partial charge in [-0.15, -0.1) is 11.6 Å². The summed E-state index contributed by atoms with van der Waals surface area (Å²) in [6.45, 7) is 0. The van der Waals surface area contributed by atoms with Gasteiger partial charge in [0.05, 0.1) is 10.9 Å². The summed E-state index contributed by atoms with van der Waals surface area (Å²) in [5, 5.41) is 0.322. The molecule has 0 atom stereocenters. The van der Waals surface area contributed by atoms with Crippen molar-refractivity contribution in [1.82, 2.24) is 4.98 Å². The predicted molar refractivity (Wildman–Crippen MR) is 38.8 cm³/mol. The highest BCUT2D eigenvalue weighted by Crippen LogP contribution is 2.18. The Labute approximate surface area is 67.8 Å². The van der Waals surface area contributed by atoms with Crippen LogP contribution in [0.25, 0.3) is 0 Å². The minimum Gasteiger partial charge on any atom is -0.228 e. The van der Waals surface area contributed by atoms with Gasteiger partial charge >= 0.3 is 0 Å². The Morgan fingerprint density at radius 3 is 2.70 bits per heavy atom. The molecule has 0 N–H and O–H groups in total. The van der Waals surface area contributed by atoms with Crippen LogP contribution >= 0.6 is 23.2 Å². The third kappa shape index (κ3) is 1.39. The van der Waals surface area contributed by atoms with Gasteiger partial charge in [0.15, 0.2) is 0 Å². The fourth-order valence-electron chi connectivity index (χ4n) is 0.564. The number of halogens is 3. The molecule has 0 amide bonds. The van der Waals surface area contributed by atoms with Crippen LogP contribution in [-0.4, -0.2) is 4.98 Å². The van der Waals surface area contributed by atoms with Crippen LogP contribution in [0.4, 0.5) is 4.39 Å². The van der Waals surface area contributed by atoms with Crippen LogP contribution in [0.1, 0.15) is 5.56 Å². The third-order valence-corrected chi connectivity index (χ3v) is 1.70. The molecule has 0 aliphatic heterocycles. The fourth-order valence-corrected chi connectivity index (χ4v) is 1.09. The molecule has 0 aliphatic rings. The van der Waals surface area contributed by atoms with Gasteiger partial charge in [0, 0.05) is 11.8 Å². The molecule has 54 valence electrons. The number of hydrogen-bond acceptors (Lipinski definition) is 1. The van der Waals surface area contributed by atoms with Crippen LogP contribution in [0.3, 0.4) is 0 Å². The monoisotopic (exact) mass is 179 g/mol. The molecule has 0 bridgehead atoms. The second kappa shape index (κ2) is 3.17. The van der Waals surface area contributed by atoms with Crippen molar-refractivity contribution in [2.45, 2.75) is 5.88 Å². The van der Waals surface area contributed by atoms with E-state index in [0.717, 1.165) is 0 Å². The minimum absolute atomic E-state index is 0.0541. The molecule has 0 saturated carbocycles. The SMILES string of the molecule is Fc1nccc(Cl)c1CCl. The molecule has 0 fully saturated rings. The van der Waals surface area contributed by atoms with E-state index in [0.29, 0.717) is 5.02 Å². The molecule has 0 radical (unpaired) electrons. The van der Waals surface area contributed by atoms with Crippen molar-refractivity contribution >= 4 is 23.2 Å². The van der Waals surface area contributed by atoms with E-state index in [9.17, 15) is 4.39 Å². The van der Waals surface area contributed by atoms with Gasteiger partial charge in [0.2, 0.25) is 5.95 Å². The topological polar surface area (TPSA) is 12.9 Å². The molecule has 1 nitrogen and oxygen atoms in total. The quantitative estimate of drug-likeness (QED) is 0.478. The van der Waals surface area contributed by atoms with Gasteiger partial charge in [-0.05, 0) is 6.07 Å². The Bertz CT molecular complexity index is 219. The third-order valence-electron chi connectivity index (χ3n) is 1.08. The van der Waals surface area contributed by atoms with E-state index in [2.05, 4.69) is 4.98 Å². The summed E-state index contributed by atoms with van der Waals surface area (Å²) in [7, 11) is 0. The molecule has 1 heterocycles. The Morgan fingerprint density at radius 1 is 1.60 bits per heavy atom. The second-order valence-corrected chi connectivity index (χ2v) is 2.37. The second-order valence-electron chi connectivity index (χ2n) is 1.70. The summed E-state index contributed by atoms with van der Waals surface area (Å²) in [5.74, 6) is -0.541. The normalized spacial score (nSPS) is 9.90. The van der Waals surface area contributed by atoms with Crippen molar-refractivity contribution in [3.05, 3.63) is 28.8 Å². The molecule has 4 heteroatoms. The van der Waals surface area contributed by atoms with Crippen LogP contribution in [0.2, 0.25) is 5.02 Å². The summed E-state index contributed by atoms with van der Waals surface area (Å²) in [5.41, 5.74) is 0.255. The minimum atomic E-state index is -0.595. The number of rotatable bonds is 1. The molecule has 1 aromatic heterocycles. The van der Waals surface area contributed by atoms with E-state index in [1.54, 1.807) is 0 Å². The summed E-state index contributed by atoms with van der Waals surface area (Å²) in [4.78, 5) is 3.38. The van der Waals surface area contributed by atoms with Crippen molar-refractivity contribution in [3.63, 3.8) is 0 Å². The van der Waals surface area contributed by atoms with Crippen LogP contribution in [0.15, 0.2) is 12.3 Å². The molecular formula is C6H4Cl2FN. The molecule has 0 aliphatic carbocycles. The standard InChI is InChI=1S/C6H4Cl2FN/c7-3-4-5(8)1-2-10-6(4)9/h1-2H,3H2. The lowest BCUT2D eigenvalue weighted by Gasteiger charge is -1.97. The van der Waals surface area contributed by atoms with Gasteiger partial charge in [0.25, 0.3) is 0 Å². The van der Waals surface area contributed by atoms with Gasteiger partial charge in [-0.25, -0.2) is 4.98 Å². The lowest BCUT2D eigenvalue weighted by Crippen LogP contribution is -1.90. The largest absolute Gasteiger partial charge is 0.228 e. The van der Waals surface area contributed by atoms with Crippen molar-refractivity contribution < 1.29 is 4.39 Å². The van der Waals surface area contributed by atoms with Crippen LogP contribution in [0.5, 0.6) is 0 Å². The average Bonchev–Trinajstić information content (AvgIpc) is 1.88. The number of pyridine rings is 1. The molecule has 0 spiro atoms. The Balaban J connectivity index is 3.17. The molecule has 10 heavy (non-hydrogen) atoms. The van der Waals surface area contributed by atoms with Gasteiger partial charge < -0.3 is 0 Å².